The van der Waals surface area contributed by atoms with Gasteiger partial charge in [-0.1, -0.05) is 6.07 Å². The van der Waals surface area contributed by atoms with E-state index in [4.69, 9.17) is 0 Å². The smallest absolute Gasteiger partial charge is 0.0320 e. The molecule has 0 aliphatic heterocycles. The minimum atomic E-state index is 0.467. The maximum absolute atomic E-state index is 3.95. The summed E-state index contributed by atoms with van der Waals surface area (Å²) in [4.78, 5) is 0. The first-order chi connectivity index (χ1) is 9.62. The second-order valence-corrected chi connectivity index (χ2v) is 9.01. The molecule has 4 aliphatic rings. The molecule has 0 aromatic heterocycles. The summed E-state index contributed by atoms with van der Waals surface area (Å²) in [6, 6.07) is 6.60. The van der Waals surface area contributed by atoms with Crippen molar-refractivity contribution < 1.29 is 0 Å². The van der Waals surface area contributed by atoms with Crippen molar-refractivity contribution in [3.63, 3.8) is 0 Å². The van der Waals surface area contributed by atoms with Gasteiger partial charge in [0.2, 0.25) is 0 Å². The molecule has 3 heteroatoms. The largest absolute Gasteiger partial charge is 0.307 e. The summed E-state index contributed by atoms with van der Waals surface area (Å²) in [5, 5.41) is 3.95. The molecule has 108 valence electrons. The highest BCUT2D eigenvalue weighted by Gasteiger charge is 2.50. The topological polar surface area (TPSA) is 12.0 Å². The molecular weight excluding hydrogens is 378 g/mol. The van der Waals surface area contributed by atoms with Crippen LogP contribution in [0.4, 0.5) is 0 Å². The zero-order valence-corrected chi connectivity index (χ0v) is 14.8. The van der Waals surface area contributed by atoms with E-state index >= 15 is 0 Å². The van der Waals surface area contributed by atoms with Crippen LogP contribution in [0.15, 0.2) is 27.1 Å². The van der Waals surface area contributed by atoms with E-state index in [1.165, 1.54) is 44.1 Å². The number of hydrogen-bond acceptors (Lipinski definition) is 1. The lowest BCUT2D eigenvalue weighted by molar-refractivity contribution is -0.0206. The minimum Gasteiger partial charge on any atom is -0.307 e. The first-order valence-electron chi connectivity index (χ1n) is 7.81. The van der Waals surface area contributed by atoms with Crippen LogP contribution in [0, 0.1) is 17.8 Å². The Hall–Kier alpha value is 0.140. The van der Waals surface area contributed by atoms with E-state index in [-0.39, 0.29) is 0 Å². The number of nitrogens with one attached hydrogen (secondary N) is 1. The lowest BCUT2D eigenvalue weighted by atomic mass is 9.53. The third kappa shape index (κ3) is 2.50. The van der Waals surface area contributed by atoms with Gasteiger partial charge in [-0.15, -0.1) is 0 Å². The quantitative estimate of drug-likeness (QED) is 0.731. The van der Waals surface area contributed by atoms with E-state index in [9.17, 15) is 0 Å². The normalized spacial score (nSPS) is 38.4. The van der Waals surface area contributed by atoms with Crippen LogP contribution in [-0.2, 0) is 6.54 Å². The summed E-state index contributed by atoms with van der Waals surface area (Å²) < 4.78 is 2.29. The molecule has 4 fully saturated rings. The molecule has 0 unspecified atom stereocenters. The van der Waals surface area contributed by atoms with Gasteiger partial charge in [0, 0.05) is 21.0 Å². The summed E-state index contributed by atoms with van der Waals surface area (Å²) in [7, 11) is 0. The summed E-state index contributed by atoms with van der Waals surface area (Å²) in [5.41, 5.74) is 1.85. The third-order valence-corrected chi connectivity index (χ3v) is 7.57. The van der Waals surface area contributed by atoms with Crippen molar-refractivity contribution in [2.75, 3.05) is 0 Å². The van der Waals surface area contributed by atoms with Gasteiger partial charge >= 0.3 is 0 Å². The predicted octanol–water partition coefficient (Wildman–Crippen LogP) is 5.27. The lowest BCUT2D eigenvalue weighted by Gasteiger charge is -2.57. The average Bonchev–Trinajstić information content (AvgIpc) is 2.39. The molecule has 4 saturated carbocycles. The van der Waals surface area contributed by atoms with Crippen LogP contribution < -0.4 is 5.32 Å². The van der Waals surface area contributed by atoms with E-state index in [1.807, 2.05) is 0 Å². The molecule has 1 N–H and O–H groups in total. The third-order valence-electron chi connectivity index (χ3n) is 5.69. The van der Waals surface area contributed by atoms with Crippen molar-refractivity contribution in [1.29, 1.82) is 0 Å². The van der Waals surface area contributed by atoms with Crippen molar-refractivity contribution >= 4 is 31.9 Å². The second kappa shape index (κ2) is 5.10. The molecule has 1 aromatic rings. The Morgan fingerprint density at radius 1 is 0.950 bits per heavy atom. The Labute approximate surface area is 138 Å². The molecule has 0 spiro atoms. The average molecular weight is 399 g/mol. The maximum atomic E-state index is 3.95. The van der Waals surface area contributed by atoms with Crippen molar-refractivity contribution in [1.82, 2.24) is 5.32 Å². The number of hydrogen-bond donors (Lipinski definition) is 1. The molecule has 1 aromatic carbocycles. The van der Waals surface area contributed by atoms with Gasteiger partial charge < -0.3 is 5.32 Å². The SMILES string of the molecule is Brc1ccc(CNC23CC4CC(CC(C4)C2)C3)cc1Br. The highest BCUT2D eigenvalue weighted by Crippen LogP contribution is 2.55. The van der Waals surface area contributed by atoms with Crippen LogP contribution in [0.2, 0.25) is 0 Å². The zero-order valence-electron chi connectivity index (χ0n) is 11.7. The molecule has 20 heavy (non-hydrogen) atoms. The zero-order chi connectivity index (χ0) is 13.7. The number of benzene rings is 1. The van der Waals surface area contributed by atoms with Crippen molar-refractivity contribution in [3.8, 4) is 0 Å². The Morgan fingerprint density at radius 2 is 1.55 bits per heavy atom. The molecule has 0 amide bonds. The molecule has 5 rings (SSSR count). The Balaban J connectivity index is 1.47. The molecule has 0 heterocycles. The molecule has 0 saturated heterocycles. The molecule has 4 bridgehead atoms. The lowest BCUT2D eigenvalue weighted by Crippen LogP contribution is -2.58. The summed E-state index contributed by atoms with van der Waals surface area (Å²) >= 11 is 7.15. The van der Waals surface area contributed by atoms with E-state index in [1.54, 1.807) is 0 Å². The van der Waals surface area contributed by atoms with Crippen LogP contribution in [0.25, 0.3) is 0 Å². The van der Waals surface area contributed by atoms with Crippen molar-refractivity contribution in [2.45, 2.75) is 50.6 Å². The van der Waals surface area contributed by atoms with Crippen LogP contribution >= 0.6 is 31.9 Å². The molecule has 0 radical (unpaired) electrons. The Kier molecular flexibility index (Phi) is 3.51. The fourth-order valence-electron chi connectivity index (χ4n) is 5.27. The highest BCUT2D eigenvalue weighted by molar-refractivity contribution is 9.13. The van der Waals surface area contributed by atoms with Crippen LogP contribution in [0.1, 0.15) is 44.1 Å². The van der Waals surface area contributed by atoms with E-state index in [0.717, 1.165) is 33.2 Å². The van der Waals surface area contributed by atoms with Gasteiger partial charge in [-0.3, -0.25) is 0 Å². The molecule has 1 nitrogen and oxygen atoms in total. The molecular formula is C17H21Br2N. The summed E-state index contributed by atoms with van der Waals surface area (Å²) in [6.07, 6.45) is 8.84. The van der Waals surface area contributed by atoms with E-state index in [2.05, 4.69) is 55.4 Å². The fourth-order valence-corrected chi connectivity index (χ4v) is 5.94. The van der Waals surface area contributed by atoms with Gasteiger partial charge in [0.15, 0.2) is 0 Å². The van der Waals surface area contributed by atoms with E-state index in [0.29, 0.717) is 5.54 Å². The molecule has 0 atom stereocenters. The highest BCUT2D eigenvalue weighted by atomic mass is 79.9. The van der Waals surface area contributed by atoms with Gasteiger partial charge in [-0.25, -0.2) is 0 Å². The number of halogens is 2. The predicted molar refractivity (Wildman–Crippen MR) is 89.6 cm³/mol. The maximum Gasteiger partial charge on any atom is 0.0320 e. The molecule has 4 aliphatic carbocycles. The Bertz CT molecular complexity index is 490. The minimum absolute atomic E-state index is 0.467. The fraction of sp³-hybridized carbons (Fsp3) is 0.647. The first kappa shape index (κ1) is 13.8. The summed E-state index contributed by atoms with van der Waals surface area (Å²) in [6.45, 7) is 1.01. The van der Waals surface area contributed by atoms with Crippen molar-refractivity contribution in [3.05, 3.63) is 32.7 Å². The summed E-state index contributed by atoms with van der Waals surface area (Å²) in [5.74, 6) is 3.06. The van der Waals surface area contributed by atoms with Gasteiger partial charge in [0.1, 0.15) is 0 Å². The van der Waals surface area contributed by atoms with Gasteiger partial charge in [-0.2, -0.15) is 0 Å². The Morgan fingerprint density at radius 3 is 2.10 bits per heavy atom. The van der Waals surface area contributed by atoms with Crippen LogP contribution in [0.3, 0.4) is 0 Å². The van der Waals surface area contributed by atoms with Gasteiger partial charge in [0.25, 0.3) is 0 Å². The second-order valence-electron chi connectivity index (χ2n) is 7.30. The van der Waals surface area contributed by atoms with Gasteiger partial charge in [0.05, 0.1) is 0 Å². The standard InChI is InChI=1S/C17H21Br2N/c18-15-2-1-11(6-16(15)19)10-20-17-7-12-3-13(8-17)5-14(4-12)9-17/h1-2,6,12-14,20H,3-5,7-10H2. The first-order valence-corrected chi connectivity index (χ1v) is 9.39. The van der Waals surface area contributed by atoms with Crippen LogP contribution in [-0.4, -0.2) is 5.54 Å². The van der Waals surface area contributed by atoms with Gasteiger partial charge in [-0.05, 0) is 106 Å². The number of rotatable bonds is 3. The monoisotopic (exact) mass is 397 g/mol. The van der Waals surface area contributed by atoms with E-state index < -0.39 is 0 Å². The van der Waals surface area contributed by atoms with Crippen LogP contribution in [0.5, 0.6) is 0 Å². The van der Waals surface area contributed by atoms with Crippen molar-refractivity contribution in [2.24, 2.45) is 17.8 Å².